The summed E-state index contributed by atoms with van der Waals surface area (Å²) in [6, 6.07) is 5.39. The van der Waals surface area contributed by atoms with Crippen LogP contribution in [0.25, 0.3) is 10.9 Å². The molecule has 3 aromatic rings. The fourth-order valence-electron chi connectivity index (χ4n) is 3.18. The van der Waals surface area contributed by atoms with E-state index in [4.69, 9.17) is 14.9 Å². The second-order valence-corrected chi connectivity index (χ2v) is 16.6. The molecule has 0 fully saturated rings. The maximum atomic E-state index is 13.4. The van der Waals surface area contributed by atoms with Crippen LogP contribution in [0.4, 0.5) is 0 Å². The lowest BCUT2D eigenvalue weighted by Crippen LogP contribution is -2.60. The highest BCUT2D eigenvalue weighted by atomic mass is 32.1. The van der Waals surface area contributed by atoms with Crippen molar-refractivity contribution in [1.82, 2.24) is 20.1 Å². The number of ether oxygens (including phenoxy) is 1. The fraction of sp³-hybridized carbons (Fsp3) is 0.500. The summed E-state index contributed by atoms with van der Waals surface area (Å²) in [5.74, 6) is -0.533. The van der Waals surface area contributed by atoms with E-state index in [-0.39, 0.29) is 11.6 Å². The zero-order chi connectivity index (χ0) is 26.2. The molecule has 1 aromatic carbocycles. The molecule has 0 aliphatic heterocycles. The van der Waals surface area contributed by atoms with Crippen LogP contribution in [0.1, 0.15) is 48.1 Å². The Labute approximate surface area is 211 Å². The van der Waals surface area contributed by atoms with Crippen LogP contribution >= 0.6 is 11.3 Å². The third-order valence-electron chi connectivity index (χ3n) is 6.53. The number of aryl methyl sites for hydroxylation is 2. The first-order valence-electron chi connectivity index (χ1n) is 11.4. The zero-order valence-electron chi connectivity index (χ0n) is 21.7. The largest absolute Gasteiger partial charge is 0.488 e. The van der Waals surface area contributed by atoms with Crippen molar-refractivity contribution in [3.63, 3.8) is 0 Å². The number of carbonyl (C=O) groups is 2. The molecular weight excluding hydrogens is 482 g/mol. The third kappa shape index (κ3) is 5.91. The van der Waals surface area contributed by atoms with Gasteiger partial charge in [-0.1, -0.05) is 20.8 Å². The summed E-state index contributed by atoms with van der Waals surface area (Å²) in [6.07, 6.45) is 1.79. The van der Waals surface area contributed by atoms with Crippen molar-refractivity contribution < 1.29 is 18.8 Å². The van der Waals surface area contributed by atoms with Crippen molar-refractivity contribution in [2.24, 2.45) is 12.8 Å². The van der Waals surface area contributed by atoms with Crippen LogP contribution in [0.2, 0.25) is 18.1 Å². The van der Waals surface area contributed by atoms with Crippen LogP contribution < -0.4 is 15.8 Å². The highest BCUT2D eigenvalue weighted by molar-refractivity contribution is 7.11. The Morgan fingerprint density at radius 2 is 1.91 bits per heavy atom. The van der Waals surface area contributed by atoms with Gasteiger partial charge in [0, 0.05) is 18.6 Å². The zero-order valence-corrected chi connectivity index (χ0v) is 23.5. The number of fused-ring (bicyclic) bond motifs is 1. The van der Waals surface area contributed by atoms with Gasteiger partial charge in [0.05, 0.1) is 22.0 Å². The highest BCUT2D eigenvalue weighted by Crippen LogP contribution is 2.37. The molecule has 0 aliphatic rings. The molecule has 2 amide bonds. The van der Waals surface area contributed by atoms with E-state index in [0.717, 1.165) is 9.88 Å². The lowest BCUT2D eigenvalue weighted by molar-refractivity contribution is -0.124. The van der Waals surface area contributed by atoms with Gasteiger partial charge < -0.3 is 20.2 Å². The average molecular weight is 518 g/mol. The molecule has 9 nitrogen and oxygen atoms in total. The van der Waals surface area contributed by atoms with Crippen molar-refractivity contribution in [3.05, 3.63) is 40.0 Å². The van der Waals surface area contributed by atoms with Crippen LogP contribution in [0.5, 0.6) is 5.75 Å². The summed E-state index contributed by atoms with van der Waals surface area (Å²) in [6.45, 7) is 14.4. The van der Waals surface area contributed by atoms with Crippen molar-refractivity contribution in [3.8, 4) is 5.75 Å². The van der Waals surface area contributed by atoms with Crippen LogP contribution in [-0.4, -0.2) is 47.0 Å². The summed E-state index contributed by atoms with van der Waals surface area (Å²) < 4.78 is 13.6. The molecule has 0 saturated heterocycles. The second-order valence-electron chi connectivity index (χ2n) is 10.5. The number of aromatic nitrogens is 3. The Morgan fingerprint density at radius 1 is 1.23 bits per heavy atom. The van der Waals surface area contributed by atoms with E-state index in [1.165, 1.54) is 4.68 Å². The number of amides is 2. The Morgan fingerprint density at radius 3 is 2.49 bits per heavy atom. The molecule has 35 heavy (non-hydrogen) atoms. The van der Waals surface area contributed by atoms with E-state index in [0.29, 0.717) is 29.0 Å². The molecule has 0 radical (unpaired) electrons. The van der Waals surface area contributed by atoms with Crippen LogP contribution in [-0.2, 0) is 22.9 Å². The molecule has 3 N–H and O–H groups in total. The Kier molecular flexibility index (Phi) is 7.44. The SMILES string of the molecule is Cc1ncc(COc2ccc3nn(C)c(C(=O)NC(C)(CO[Si](C)(C)C(C)(C)C)C(N)=O)c3c2)s1. The predicted octanol–water partition coefficient (Wildman–Crippen LogP) is 3.91. The minimum absolute atomic E-state index is 0.0109. The summed E-state index contributed by atoms with van der Waals surface area (Å²) in [5.41, 5.74) is 5.27. The average Bonchev–Trinajstić information content (AvgIpc) is 3.31. The topological polar surface area (TPSA) is 121 Å². The lowest BCUT2D eigenvalue weighted by Gasteiger charge is -2.39. The first-order valence-corrected chi connectivity index (χ1v) is 15.1. The number of nitrogens with two attached hydrogens (primary N) is 1. The van der Waals surface area contributed by atoms with Gasteiger partial charge in [0.15, 0.2) is 8.32 Å². The molecule has 2 aromatic heterocycles. The molecule has 0 bridgehead atoms. The first kappa shape index (κ1) is 26.8. The van der Waals surface area contributed by atoms with Crippen molar-refractivity contribution >= 4 is 42.4 Å². The van der Waals surface area contributed by atoms with E-state index in [9.17, 15) is 9.59 Å². The molecule has 0 saturated carbocycles. The van der Waals surface area contributed by atoms with Gasteiger partial charge in [0.2, 0.25) is 5.91 Å². The van der Waals surface area contributed by atoms with E-state index >= 15 is 0 Å². The fourth-order valence-corrected chi connectivity index (χ4v) is 4.97. The second kappa shape index (κ2) is 9.71. The Hall–Kier alpha value is -2.76. The number of nitrogens with one attached hydrogen (secondary N) is 1. The molecule has 0 aliphatic carbocycles. The minimum atomic E-state index is -2.17. The highest BCUT2D eigenvalue weighted by Gasteiger charge is 2.42. The number of thiazole rings is 1. The number of hydrogen-bond donors (Lipinski definition) is 2. The van der Waals surface area contributed by atoms with Gasteiger partial charge in [0.25, 0.3) is 5.91 Å². The summed E-state index contributed by atoms with van der Waals surface area (Å²) in [4.78, 5) is 31.1. The smallest absolute Gasteiger partial charge is 0.271 e. The number of nitrogens with zero attached hydrogens (tertiary/aromatic N) is 3. The molecule has 190 valence electrons. The monoisotopic (exact) mass is 517 g/mol. The molecular formula is C24H35N5O4SSi. The van der Waals surface area contributed by atoms with Crippen molar-refractivity contribution in [2.45, 2.75) is 64.9 Å². The van der Waals surface area contributed by atoms with Gasteiger partial charge in [-0.25, -0.2) is 4.98 Å². The van der Waals surface area contributed by atoms with Crippen LogP contribution in [0.3, 0.4) is 0 Å². The first-order chi connectivity index (χ1) is 16.1. The number of benzene rings is 1. The van der Waals surface area contributed by atoms with E-state index in [2.05, 4.69) is 49.3 Å². The van der Waals surface area contributed by atoms with Gasteiger partial charge in [0.1, 0.15) is 23.6 Å². The van der Waals surface area contributed by atoms with Gasteiger partial charge in [-0.15, -0.1) is 11.3 Å². The standard InChI is InChI=1S/C24H35N5O4SSi/c1-15-26-12-17(34-15)13-32-16-9-10-19-18(11-16)20(29(6)28-19)21(30)27-24(5,22(25)31)14-33-35(7,8)23(2,3)4/h9-12H,13-14H2,1-8H3,(H2,25,31)(H,27,30). The maximum absolute atomic E-state index is 13.4. The molecule has 2 heterocycles. The normalized spacial score (nSPS) is 14.1. The summed E-state index contributed by atoms with van der Waals surface area (Å²) in [7, 11) is -0.489. The van der Waals surface area contributed by atoms with Crippen molar-refractivity contribution in [2.75, 3.05) is 6.61 Å². The van der Waals surface area contributed by atoms with Gasteiger partial charge in [-0.05, 0) is 50.2 Å². The van der Waals surface area contributed by atoms with Gasteiger partial charge in [-0.2, -0.15) is 5.10 Å². The van der Waals surface area contributed by atoms with Gasteiger partial charge in [-0.3, -0.25) is 14.3 Å². The third-order valence-corrected chi connectivity index (χ3v) is 11.9. The Balaban J connectivity index is 1.84. The number of primary amides is 1. The summed E-state index contributed by atoms with van der Waals surface area (Å²) >= 11 is 1.57. The molecule has 1 atom stereocenters. The molecule has 11 heteroatoms. The lowest BCUT2D eigenvalue weighted by atomic mass is 10.0. The number of rotatable bonds is 9. The predicted molar refractivity (Wildman–Crippen MR) is 140 cm³/mol. The molecule has 0 spiro atoms. The van der Waals surface area contributed by atoms with Crippen LogP contribution in [0.15, 0.2) is 24.4 Å². The maximum Gasteiger partial charge on any atom is 0.271 e. The van der Waals surface area contributed by atoms with E-state index in [1.807, 2.05) is 13.0 Å². The molecule has 1 unspecified atom stereocenters. The summed E-state index contributed by atoms with van der Waals surface area (Å²) in [5, 5.41) is 8.78. The quantitative estimate of drug-likeness (QED) is 0.415. The van der Waals surface area contributed by atoms with Gasteiger partial charge >= 0.3 is 0 Å². The van der Waals surface area contributed by atoms with Crippen LogP contribution in [0, 0.1) is 6.92 Å². The van der Waals surface area contributed by atoms with E-state index < -0.39 is 25.7 Å². The minimum Gasteiger partial charge on any atom is -0.488 e. The molecule has 3 rings (SSSR count). The van der Waals surface area contributed by atoms with E-state index in [1.54, 1.807) is 43.6 Å². The van der Waals surface area contributed by atoms with Crippen molar-refractivity contribution in [1.29, 1.82) is 0 Å². The number of carbonyl (C=O) groups excluding carboxylic acids is 2. The number of hydrogen-bond acceptors (Lipinski definition) is 7. The Bertz CT molecular complexity index is 1250.